The number of benzene rings is 1. The van der Waals surface area contributed by atoms with Crippen molar-refractivity contribution in [3.63, 3.8) is 0 Å². The lowest BCUT2D eigenvalue weighted by atomic mass is 10.1. The van der Waals surface area contributed by atoms with E-state index in [4.69, 9.17) is 9.47 Å². The molecule has 2 saturated heterocycles. The summed E-state index contributed by atoms with van der Waals surface area (Å²) in [5.41, 5.74) is 0.320. The van der Waals surface area contributed by atoms with E-state index in [1.54, 1.807) is 30.6 Å². The minimum atomic E-state index is -3.50. The molecule has 0 saturated carbocycles. The van der Waals surface area contributed by atoms with Crippen LogP contribution in [-0.4, -0.2) is 84.8 Å². The summed E-state index contributed by atoms with van der Waals surface area (Å²) in [6, 6.07) is 9.43. The molecular formula is C22H33N3O6S. The summed E-state index contributed by atoms with van der Waals surface area (Å²) in [6.45, 7) is 7.39. The van der Waals surface area contributed by atoms with Gasteiger partial charge in [0.15, 0.2) is 0 Å². The molecule has 0 N–H and O–H groups in total. The number of carbonyl (C=O) groups is 2. The number of rotatable bonds is 4. The van der Waals surface area contributed by atoms with Gasteiger partial charge < -0.3 is 19.3 Å². The molecule has 0 radical (unpaired) electrons. The van der Waals surface area contributed by atoms with E-state index >= 15 is 0 Å². The number of piperidine rings is 1. The van der Waals surface area contributed by atoms with Gasteiger partial charge in [-0.1, -0.05) is 30.3 Å². The molecule has 0 aromatic heterocycles. The Balaban J connectivity index is 1.45. The SMILES string of the molecule is CC(C)(C)OC(=O)N1CCN(S(=O)(=O)C2CCN(C(=O)OCc3ccccc3)CC2)CC1. The molecule has 0 spiro atoms. The van der Waals surface area contributed by atoms with E-state index in [-0.39, 0.29) is 19.7 Å². The van der Waals surface area contributed by atoms with Crippen LogP contribution in [0.2, 0.25) is 0 Å². The molecule has 2 fully saturated rings. The van der Waals surface area contributed by atoms with Gasteiger partial charge >= 0.3 is 12.2 Å². The average molecular weight is 468 g/mol. The van der Waals surface area contributed by atoms with Crippen molar-refractivity contribution in [1.82, 2.24) is 14.1 Å². The summed E-state index contributed by atoms with van der Waals surface area (Å²) in [5, 5.41) is -0.534. The third-order valence-corrected chi connectivity index (χ3v) is 7.98. The zero-order valence-electron chi connectivity index (χ0n) is 19.0. The summed E-state index contributed by atoms with van der Waals surface area (Å²) in [7, 11) is -3.50. The summed E-state index contributed by atoms with van der Waals surface area (Å²) in [4.78, 5) is 27.6. The van der Waals surface area contributed by atoms with Crippen molar-refractivity contribution in [2.75, 3.05) is 39.3 Å². The van der Waals surface area contributed by atoms with Gasteiger partial charge in [0.1, 0.15) is 12.2 Å². The molecule has 0 bridgehead atoms. The quantitative estimate of drug-likeness (QED) is 0.676. The van der Waals surface area contributed by atoms with Crippen molar-refractivity contribution >= 4 is 22.2 Å². The van der Waals surface area contributed by atoms with Gasteiger partial charge in [-0.05, 0) is 39.2 Å². The predicted molar refractivity (Wildman–Crippen MR) is 120 cm³/mol. The summed E-state index contributed by atoms with van der Waals surface area (Å²) in [5.74, 6) is 0. The van der Waals surface area contributed by atoms with Crippen molar-refractivity contribution < 1.29 is 27.5 Å². The van der Waals surface area contributed by atoms with Gasteiger partial charge in [-0.3, -0.25) is 0 Å². The highest BCUT2D eigenvalue weighted by molar-refractivity contribution is 7.89. The summed E-state index contributed by atoms with van der Waals surface area (Å²) in [6.07, 6.45) is -0.100. The molecule has 178 valence electrons. The maximum atomic E-state index is 13.1. The second kappa shape index (κ2) is 10.1. The Kier molecular flexibility index (Phi) is 7.66. The molecule has 3 rings (SSSR count). The van der Waals surface area contributed by atoms with Crippen LogP contribution in [0, 0.1) is 0 Å². The third kappa shape index (κ3) is 6.35. The Morgan fingerprint density at radius 1 is 0.906 bits per heavy atom. The maximum Gasteiger partial charge on any atom is 0.410 e. The monoisotopic (exact) mass is 467 g/mol. The first-order valence-electron chi connectivity index (χ1n) is 11.0. The second-order valence-corrected chi connectivity index (χ2v) is 11.4. The van der Waals surface area contributed by atoms with E-state index in [9.17, 15) is 18.0 Å². The van der Waals surface area contributed by atoms with Crippen LogP contribution in [0.25, 0.3) is 0 Å². The van der Waals surface area contributed by atoms with E-state index in [2.05, 4.69) is 0 Å². The fourth-order valence-corrected chi connectivity index (χ4v) is 5.71. The number of ether oxygens (including phenoxy) is 2. The number of hydrogen-bond donors (Lipinski definition) is 0. The van der Waals surface area contributed by atoms with Gasteiger partial charge in [0, 0.05) is 39.3 Å². The van der Waals surface area contributed by atoms with Gasteiger partial charge in [0.25, 0.3) is 0 Å². The van der Waals surface area contributed by atoms with Crippen LogP contribution in [0.3, 0.4) is 0 Å². The third-order valence-electron chi connectivity index (χ3n) is 5.58. The predicted octanol–water partition coefficient (Wildman–Crippen LogP) is 2.67. The normalized spacial score (nSPS) is 19.0. The number of piperazine rings is 1. The molecule has 1 aromatic rings. The van der Waals surface area contributed by atoms with Crippen LogP contribution in [-0.2, 0) is 26.1 Å². The van der Waals surface area contributed by atoms with Gasteiger partial charge in [-0.2, -0.15) is 4.31 Å². The molecule has 0 unspecified atom stereocenters. The van der Waals surface area contributed by atoms with Crippen molar-refractivity contribution in [3.05, 3.63) is 35.9 Å². The molecule has 0 atom stereocenters. The van der Waals surface area contributed by atoms with Crippen LogP contribution in [0.4, 0.5) is 9.59 Å². The fraction of sp³-hybridized carbons (Fsp3) is 0.636. The van der Waals surface area contributed by atoms with E-state index in [1.165, 1.54) is 4.31 Å². The Hall–Kier alpha value is -2.33. The van der Waals surface area contributed by atoms with Crippen LogP contribution in [0.5, 0.6) is 0 Å². The zero-order chi connectivity index (χ0) is 23.4. The van der Waals surface area contributed by atoms with Crippen molar-refractivity contribution in [3.8, 4) is 0 Å². The van der Waals surface area contributed by atoms with E-state index in [0.717, 1.165) is 5.56 Å². The summed E-state index contributed by atoms with van der Waals surface area (Å²) < 4.78 is 38.4. The Bertz CT molecular complexity index is 884. The number of sulfonamides is 1. The average Bonchev–Trinajstić information content (AvgIpc) is 2.77. The summed E-state index contributed by atoms with van der Waals surface area (Å²) >= 11 is 0. The second-order valence-electron chi connectivity index (χ2n) is 9.14. The van der Waals surface area contributed by atoms with E-state index < -0.39 is 33.1 Å². The highest BCUT2D eigenvalue weighted by atomic mass is 32.2. The van der Waals surface area contributed by atoms with Gasteiger partial charge in [0.05, 0.1) is 5.25 Å². The molecule has 10 heteroatoms. The lowest BCUT2D eigenvalue weighted by Crippen LogP contribution is -2.54. The molecule has 2 aliphatic rings. The largest absolute Gasteiger partial charge is 0.445 e. The highest BCUT2D eigenvalue weighted by Crippen LogP contribution is 2.23. The molecule has 32 heavy (non-hydrogen) atoms. The zero-order valence-corrected chi connectivity index (χ0v) is 19.8. The minimum Gasteiger partial charge on any atom is -0.445 e. The molecule has 0 aliphatic carbocycles. The number of carbonyl (C=O) groups excluding carboxylic acids is 2. The first-order valence-corrected chi connectivity index (χ1v) is 12.5. The Morgan fingerprint density at radius 2 is 1.47 bits per heavy atom. The first kappa shape index (κ1) is 24.3. The molecule has 9 nitrogen and oxygen atoms in total. The van der Waals surface area contributed by atoms with Crippen LogP contribution < -0.4 is 0 Å². The number of likely N-dealkylation sites (tertiary alicyclic amines) is 1. The number of amides is 2. The van der Waals surface area contributed by atoms with Crippen LogP contribution >= 0.6 is 0 Å². The topological polar surface area (TPSA) is 96.5 Å². The molecule has 2 amide bonds. The molecule has 1 aromatic carbocycles. The molecular weight excluding hydrogens is 434 g/mol. The lowest BCUT2D eigenvalue weighted by molar-refractivity contribution is 0.0192. The maximum absolute atomic E-state index is 13.1. The van der Waals surface area contributed by atoms with Crippen LogP contribution in [0.1, 0.15) is 39.2 Å². The number of hydrogen-bond acceptors (Lipinski definition) is 6. The molecule has 2 heterocycles. The lowest BCUT2D eigenvalue weighted by Gasteiger charge is -2.38. The minimum absolute atomic E-state index is 0.194. The van der Waals surface area contributed by atoms with Crippen molar-refractivity contribution in [2.45, 2.75) is 51.1 Å². The van der Waals surface area contributed by atoms with Gasteiger partial charge in [-0.15, -0.1) is 0 Å². The highest BCUT2D eigenvalue weighted by Gasteiger charge is 2.38. The Labute approximate surface area is 190 Å². The van der Waals surface area contributed by atoms with Crippen molar-refractivity contribution in [2.24, 2.45) is 0 Å². The van der Waals surface area contributed by atoms with E-state index in [0.29, 0.717) is 39.0 Å². The van der Waals surface area contributed by atoms with E-state index in [1.807, 2.05) is 30.3 Å². The van der Waals surface area contributed by atoms with Crippen molar-refractivity contribution in [1.29, 1.82) is 0 Å². The van der Waals surface area contributed by atoms with Gasteiger partial charge in [-0.25, -0.2) is 18.0 Å². The van der Waals surface area contributed by atoms with Gasteiger partial charge in [0.2, 0.25) is 10.0 Å². The fourth-order valence-electron chi connectivity index (χ4n) is 3.81. The first-order chi connectivity index (χ1) is 15.1. The number of nitrogens with zero attached hydrogens (tertiary/aromatic N) is 3. The Morgan fingerprint density at radius 3 is 2.03 bits per heavy atom. The standard InChI is InChI=1S/C22H33N3O6S/c1-22(2,3)31-21(27)24-13-15-25(16-14-24)32(28,29)19-9-11-23(12-10-19)20(26)30-17-18-7-5-4-6-8-18/h4-8,19H,9-17H2,1-3H3. The van der Waals surface area contributed by atoms with Crippen LogP contribution in [0.15, 0.2) is 30.3 Å². The molecule has 2 aliphatic heterocycles. The smallest absolute Gasteiger partial charge is 0.410 e.